The van der Waals surface area contributed by atoms with E-state index in [2.05, 4.69) is 9.72 Å². The molecule has 0 aliphatic rings. The van der Waals surface area contributed by atoms with Gasteiger partial charge in [0, 0.05) is 12.3 Å². The van der Waals surface area contributed by atoms with Crippen LogP contribution in [0.3, 0.4) is 0 Å². The summed E-state index contributed by atoms with van der Waals surface area (Å²) >= 11 is 5.47. The third-order valence-electron chi connectivity index (χ3n) is 0.882. The van der Waals surface area contributed by atoms with Crippen LogP contribution in [-0.4, -0.2) is 11.5 Å². The number of ether oxygens (including phenoxy) is 1. The van der Waals surface area contributed by atoms with Crippen LogP contribution in [0.2, 0.25) is 5.15 Å². The zero-order chi connectivity index (χ0) is 7.40. The van der Waals surface area contributed by atoms with Crippen molar-refractivity contribution in [1.82, 2.24) is 4.98 Å². The van der Waals surface area contributed by atoms with E-state index in [1.807, 2.05) is 0 Å². The number of hydrogen-bond acceptors (Lipinski definition) is 3. The normalized spacial score (nSPS) is 8.90. The molecule has 10 heavy (non-hydrogen) atoms. The Bertz CT molecular complexity index is 239. The van der Waals surface area contributed by atoms with Gasteiger partial charge in [-0.2, -0.15) is 0 Å². The highest BCUT2D eigenvalue weighted by Crippen LogP contribution is 2.12. The Morgan fingerprint density at radius 3 is 3.10 bits per heavy atom. The van der Waals surface area contributed by atoms with Crippen LogP contribution in [0.15, 0.2) is 18.3 Å². The van der Waals surface area contributed by atoms with Gasteiger partial charge in [0.15, 0.2) is 0 Å². The highest BCUT2D eigenvalue weighted by molar-refractivity contribution is 6.29. The van der Waals surface area contributed by atoms with E-state index in [9.17, 15) is 4.79 Å². The Kier molecular flexibility index (Phi) is 2.23. The molecular weight excluding hydrogens is 154 g/mol. The number of halogens is 1. The number of nitrogens with zero attached hydrogens (tertiary/aromatic N) is 1. The Morgan fingerprint density at radius 2 is 2.50 bits per heavy atom. The summed E-state index contributed by atoms with van der Waals surface area (Å²) in [6, 6.07) is 3.00. The van der Waals surface area contributed by atoms with Gasteiger partial charge < -0.3 is 4.74 Å². The highest BCUT2D eigenvalue weighted by Gasteiger charge is 1.92. The molecule has 0 unspecified atom stereocenters. The number of carbonyl (C=O) groups excluding carboxylic acids is 1. The number of aromatic nitrogens is 1. The molecule has 1 aromatic rings. The maximum atomic E-state index is 9.80. The fourth-order valence-electron chi connectivity index (χ4n) is 0.514. The molecule has 0 saturated carbocycles. The van der Waals surface area contributed by atoms with Crippen molar-refractivity contribution in [2.75, 3.05) is 0 Å². The summed E-state index contributed by atoms with van der Waals surface area (Å²) in [6.07, 6.45) is 1.46. The van der Waals surface area contributed by atoms with Crippen LogP contribution in [0.1, 0.15) is 0 Å². The predicted octanol–water partition coefficient (Wildman–Crippen LogP) is 1.27. The lowest BCUT2D eigenvalue weighted by molar-refractivity contribution is -0.120. The van der Waals surface area contributed by atoms with Gasteiger partial charge >= 0.3 is 0 Å². The molecule has 0 atom stereocenters. The van der Waals surface area contributed by atoms with Gasteiger partial charge in [0.1, 0.15) is 10.9 Å². The van der Waals surface area contributed by atoms with Crippen LogP contribution in [0, 0.1) is 0 Å². The largest absolute Gasteiger partial charge is 0.429 e. The average Bonchev–Trinajstić information content (AvgIpc) is 1.88. The second kappa shape index (κ2) is 3.17. The van der Waals surface area contributed by atoms with Gasteiger partial charge in [-0.05, 0) is 6.07 Å². The standard InChI is InChI=1S/C6H4ClNO2/c7-6-3-5(10-4-9)1-2-8-6/h1-4H. The first-order valence-corrected chi connectivity index (χ1v) is 2.92. The van der Waals surface area contributed by atoms with E-state index in [1.54, 1.807) is 6.07 Å². The van der Waals surface area contributed by atoms with Crippen molar-refractivity contribution < 1.29 is 9.53 Å². The Morgan fingerprint density at radius 1 is 1.70 bits per heavy atom. The van der Waals surface area contributed by atoms with Crippen LogP contribution < -0.4 is 4.74 Å². The van der Waals surface area contributed by atoms with E-state index in [4.69, 9.17) is 11.6 Å². The zero-order valence-corrected chi connectivity index (χ0v) is 5.71. The van der Waals surface area contributed by atoms with Gasteiger partial charge in [-0.25, -0.2) is 4.98 Å². The van der Waals surface area contributed by atoms with Gasteiger partial charge in [0.2, 0.25) is 0 Å². The zero-order valence-electron chi connectivity index (χ0n) is 4.95. The summed E-state index contributed by atoms with van der Waals surface area (Å²) in [6.45, 7) is 0.339. The molecule has 0 aliphatic carbocycles. The molecule has 0 aromatic carbocycles. The summed E-state index contributed by atoms with van der Waals surface area (Å²) in [5.74, 6) is 0.398. The molecule has 3 nitrogen and oxygen atoms in total. The van der Waals surface area contributed by atoms with Crippen molar-refractivity contribution in [3.63, 3.8) is 0 Å². The van der Waals surface area contributed by atoms with E-state index in [1.165, 1.54) is 12.3 Å². The smallest absolute Gasteiger partial charge is 0.298 e. The van der Waals surface area contributed by atoms with E-state index >= 15 is 0 Å². The van der Waals surface area contributed by atoms with Gasteiger partial charge in [-0.15, -0.1) is 0 Å². The molecule has 0 bridgehead atoms. The number of pyridine rings is 1. The van der Waals surface area contributed by atoms with Gasteiger partial charge in [0.25, 0.3) is 6.47 Å². The fraction of sp³-hybridized carbons (Fsp3) is 0. The first kappa shape index (κ1) is 7.02. The lowest BCUT2D eigenvalue weighted by atomic mass is 10.5. The van der Waals surface area contributed by atoms with Crippen molar-refractivity contribution in [1.29, 1.82) is 0 Å². The van der Waals surface area contributed by atoms with Crippen molar-refractivity contribution in [2.24, 2.45) is 0 Å². The molecule has 1 aromatic heterocycles. The second-order valence-electron chi connectivity index (χ2n) is 1.53. The van der Waals surface area contributed by atoms with Gasteiger partial charge in [-0.1, -0.05) is 11.6 Å². The summed E-state index contributed by atoms with van der Waals surface area (Å²) in [7, 11) is 0. The maximum absolute atomic E-state index is 9.80. The third kappa shape index (κ3) is 1.70. The SMILES string of the molecule is O=COc1ccnc(Cl)c1. The molecule has 4 heteroatoms. The minimum Gasteiger partial charge on any atom is -0.429 e. The summed E-state index contributed by atoms with van der Waals surface area (Å²) in [5.41, 5.74) is 0. The first-order chi connectivity index (χ1) is 4.83. The van der Waals surface area contributed by atoms with Gasteiger partial charge in [0.05, 0.1) is 0 Å². The van der Waals surface area contributed by atoms with E-state index in [-0.39, 0.29) is 0 Å². The molecule has 1 heterocycles. The molecule has 52 valence electrons. The number of hydrogen-bond donors (Lipinski definition) is 0. The van der Waals surface area contributed by atoms with Crippen LogP contribution in [0.4, 0.5) is 0 Å². The highest BCUT2D eigenvalue weighted by atomic mass is 35.5. The van der Waals surface area contributed by atoms with Crippen molar-refractivity contribution >= 4 is 18.1 Å². The summed E-state index contributed by atoms with van der Waals surface area (Å²) in [4.78, 5) is 13.5. The monoisotopic (exact) mass is 157 g/mol. The van der Waals surface area contributed by atoms with Crippen molar-refractivity contribution in [3.05, 3.63) is 23.5 Å². The Labute approximate surface area is 62.6 Å². The third-order valence-corrected chi connectivity index (χ3v) is 1.09. The van der Waals surface area contributed by atoms with Crippen molar-refractivity contribution in [3.8, 4) is 5.75 Å². The molecule has 0 spiro atoms. The lowest BCUT2D eigenvalue weighted by Gasteiger charge is -1.94. The molecule has 1 rings (SSSR count). The Balaban J connectivity index is 2.84. The summed E-state index contributed by atoms with van der Waals surface area (Å²) < 4.78 is 4.48. The molecule has 0 N–H and O–H groups in total. The maximum Gasteiger partial charge on any atom is 0.298 e. The topological polar surface area (TPSA) is 39.2 Å². The minimum atomic E-state index is 0.305. The second-order valence-corrected chi connectivity index (χ2v) is 1.92. The quantitative estimate of drug-likeness (QED) is 0.480. The average molecular weight is 158 g/mol. The van der Waals surface area contributed by atoms with Crippen LogP contribution in [0.5, 0.6) is 5.75 Å². The van der Waals surface area contributed by atoms with Crippen LogP contribution in [-0.2, 0) is 4.79 Å². The van der Waals surface area contributed by atoms with Gasteiger partial charge in [-0.3, -0.25) is 4.79 Å². The van der Waals surface area contributed by atoms with Crippen molar-refractivity contribution in [2.45, 2.75) is 0 Å². The minimum absolute atomic E-state index is 0.305. The molecule has 0 aliphatic heterocycles. The molecule has 0 fully saturated rings. The molecule has 0 amide bonds. The molecule has 0 radical (unpaired) electrons. The molecular formula is C6H4ClNO2. The Hall–Kier alpha value is -1.09. The van der Waals surface area contributed by atoms with E-state index in [0.717, 1.165) is 0 Å². The van der Waals surface area contributed by atoms with E-state index < -0.39 is 0 Å². The van der Waals surface area contributed by atoms with Crippen LogP contribution >= 0.6 is 11.6 Å². The molecule has 0 saturated heterocycles. The van der Waals surface area contributed by atoms with Crippen LogP contribution in [0.25, 0.3) is 0 Å². The summed E-state index contributed by atoms with van der Waals surface area (Å²) in [5, 5.41) is 0.305. The first-order valence-electron chi connectivity index (χ1n) is 2.55. The van der Waals surface area contributed by atoms with E-state index in [0.29, 0.717) is 17.4 Å². The number of carbonyl (C=O) groups is 1. The lowest BCUT2D eigenvalue weighted by Crippen LogP contribution is -1.87. The number of rotatable bonds is 2. The predicted molar refractivity (Wildman–Crippen MR) is 35.9 cm³/mol. The fourth-order valence-corrected chi connectivity index (χ4v) is 0.677.